The molecular weight excluding hydrogens is 262 g/mol. The van der Waals surface area contributed by atoms with Gasteiger partial charge in [0.2, 0.25) is 0 Å². The van der Waals surface area contributed by atoms with Crippen molar-refractivity contribution in [2.24, 2.45) is 11.7 Å². The number of ether oxygens (including phenoxy) is 1. The Morgan fingerprint density at radius 2 is 1.95 bits per heavy atom. The smallest absolute Gasteiger partial charge is 0.324 e. The van der Waals surface area contributed by atoms with Crippen LogP contribution in [0.2, 0.25) is 0 Å². The number of carbonyl (C=O) groups excluding carboxylic acids is 2. The van der Waals surface area contributed by atoms with E-state index >= 15 is 0 Å². The second kappa shape index (κ2) is 7.96. The van der Waals surface area contributed by atoms with Gasteiger partial charge in [0.1, 0.15) is 18.4 Å². The summed E-state index contributed by atoms with van der Waals surface area (Å²) in [7, 11) is 0. The van der Waals surface area contributed by atoms with Gasteiger partial charge in [-0.3, -0.25) is 9.59 Å². The van der Waals surface area contributed by atoms with Crippen molar-refractivity contribution in [1.82, 2.24) is 0 Å². The van der Waals surface area contributed by atoms with Crippen LogP contribution in [0.25, 0.3) is 0 Å². The molecule has 0 aliphatic heterocycles. The summed E-state index contributed by atoms with van der Waals surface area (Å²) in [4.78, 5) is 23.3. The van der Waals surface area contributed by atoms with Crippen LogP contribution in [0.3, 0.4) is 0 Å². The zero-order valence-corrected chi connectivity index (χ0v) is 12.0. The summed E-state index contributed by atoms with van der Waals surface area (Å²) in [6.07, 6.45) is 1.87. The van der Waals surface area contributed by atoms with E-state index in [1.54, 1.807) is 0 Å². The lowest BCUT2D eigenvalue weighted by Gasteiger charge is -2.19. The van der Waals surface area contributed by atoms with Crippen molar-refractivity contribution >= 4 is 23.5 Å². The van der Waals surface area contributed by atoms with Crippen LogP contribution in [0.15, 0.2) is 30.3 Å². The second-order valence-corrected chi connectivity index (χ2v) is 5.20. The number of carbonyl (C=O) groups is 2. The number of hydrogen-bond donors (Lipinski definition) is 1. The first-order valence-corrected chi connectivity index (χ1v) is 7.41. The molecule has 2 atom stereocenters. The third kappa shape index (κ3) is 5.04. The fourth-order valence-corrected chi connectivity index (χ4v) is 2.44. The van der Waals surface area contributed by atoms with Gasteiger partial charge < -0.3 is 10.5 Å². The van der Waals surface area contributed by atoms with Crippen molar-refractivity contribution in [3.63, 3.8) is 0 Å². The van der Waals surface area contributed by atoms with E-state index in [-0.39, 0.29) is 12.4 Å². The first kappa shape index (κ1) is 15.7. The molecule has 2 N–H and O–H groups in total. The van der Waals surface area contributed by atoms with Gasteiger partial charge in [0.15, 0.2) is 0 Å². The lowest BCUT2D eigenvalue weighted by molar-refractivity contribution is -0.149. The van der Waals surface area contributed by atoms with Crippen molar-refractivity contribution < 1.29 is 14.3 Å². The van der Waals surface area contributed by atoms with Crippen molar-refractivity contribution in [2.75, 3.05) is 12.0 Å². The Morgan fingerprint density at radius 3 is 2.47 bits per heavy atom. The molecule has 1 unspecified atom stereocenters. The summed E-state index contributed by atoms with van der Waals surface area (Å²) in [5, 5.41) is 0. The van der Waals surface area contributed by atoms with Crippen LogP contribution in [0.4, 0.5) is 0 Å². The van der Waals surface area contributed by atoms with Gasteiger partial charge in [-0.1, -0.05) is 30.3 Å². The number of benzene rings is 1. The Labute approximate surface area is 117 Å². The van der Waals surface area contributed by atoms with Gasteiger partial charge in [0.05, 0.1) is 5.92 Å². The standard InChI is InChI=1S/C14H19NO3S/c1-10(16)12(9-19-2)13(15)14(17)18-8-11-6-4-3-5-7-11/h3-7,12-13H,8-9,15H2,1-2H3/t12?,13-/m0/s1. The van der Waals surface area contributed by atoms with Gasteiger partial charge in [-0.25, -0.2) is 0 Å². The van der Waals surface area contributed by atoms with Gasteiger partial charge in [-0.05, 0) is 18.7 Å². The first-order chi connectivity index (χ1) is 9.06. The Morgan fingerprint density at radius 1 is 1.32 bits per heavy atom. The summed E-state index contributed by atoms with van der Waals surface area (Å²) >= 11 is 1.49. The number of rotatable bonds is 7. The predicted molar refractivity (Wildman–Crippen MR) is 76.8 cm³/mol. The lowest BCUT2D eigenvalue weighted by Crippen LogP contribution is -2.43. The molecule has 0 aliphatic rings. The molecule has 0 aliphatic carbocycles. The normalized spacial score (nSPS) is 13.6. The lowest BCUT2D eigenvalue weighted by atomic mass is 9.99. The van der Waals surface area contributed by atoms with Crippen LogP contribution in [-0.2, 0) is 20.9 Å². The van der Waals surface area contributed by atoms with Gasteiger partial charge in [-0.2, -0.15) is 11.8 Å². The molecule has 1 aromatic carbocycles. The zero-order chi connectivity index (χ0) is 14.3. The molecule has 0 heterocycles. The van der Waals surface area contributed by atoms with Gasteiger partial charge in [-0.15, -0.1) is 0 Å². The summed E-state index contributed by atoms with van der Waals surface area (Å²) in [6, 6.07) is 8.46. The van der Waals surface area contributed by atoms with Crippen molar-refractivity contribution in [2.45, 2.75) is 19.6 Å². The number of esters is 1. The molecule has 0 bridgehead atoms. The number of nitrogens with two attached hydrogens (primary N) is 1. The molecule has 19 heavy (non-hydrogen) atoms. The Balaban J connectivity index is 2.54. The third-order valence-electron chi connectivity index (χ3n) is 2.80. The van der Waals surface area contributed by atoms with Crippen molar-refractivity contribution in [1.29, 1.82) is 0 Å². The first-order valence-electron chi connectivity index (χ1n) is 6.01. The number of ketones is 1. The van der Waals surface area contributed by atoms with E-state index in [9.17, 15) is 9.59 Å². The summed E-state index contributed by atoms with van der Waals surface area (Å²) in [6.45, 7) is 1.63. The molecule has 1 aromatic rings. The SMILES string of the molecule is CSCC(C(C)=O)[C@H](N)C(=O)OCc1ccccc1. The minimum absolute atomic E-state index is 0.0847. The Kier molecular flexibility index (Phi) is 6.59. The van der Waals surface area contributed by atoms with E-state index < -0.39 is 17.9 Å². The molecule has 0 saturated heterocycles. The topological polar surface area (TPSA) is 69.4 Å². The van der Waals surface area contributed by atoms with Crippen LogP contribution in [0, 0.1) is 5.92 Å². The number of hydrogen-bond acceptors (Lipinski definition) is 5. The zero-order valence-electron chi connectivity index (χ0n) is 11.2. The molecule has 0 fully saturated rings. The summed E-state index contributed by atoms with van der Waals surface area (Å²) in [5.41, 5.74) is 6.70. The summed E-state index contributed by atoms with van der Waals surface area (Å²) < 4.78 is 5.14. The van der Waals surface area contributed by atoms with E-state index in [0.29, 0.717) is 5.75 Å². The largest absolute Gasteiger partial charge is 0.460 e. The van der Waals surface area contributed by atoms with Crippen LogP contribution >= 0.6 is 11.8 Å². The molecule has 1 rings (SSSR count). The van der Waals surface area contributed by atoms with Crippen LogP contribution < -0.4 is 5.73 Å². The fraction of sp³-hybridized carbons (Fsp3) is 0.429. The molecule has 4 nitrogen and oxygen atoms in total. The van der Waals surface area contributed by atoms with E-state index in [1.165, 1.54) is 18.7 Å². The minimum Gasteiger partial charge on any atom is -0.460 e. The maximum atomic E-state index is 11.8. The molecule has 0 aromatic heterocycles. The highest BCUT2D eigenvalue weighted by Gasteiger charge is 2.29. The molecule has 0 amide bonds. The fourth-order valence-electron chi connectivity index (χ4n) is 1.64. The highest BCUT2D eigenvalue weighted by molar-refractivity contribution is 7.98. The molecular formula is C14H19NO3S. The third-order valence-corrected chi connectivity index (χ3v) is 3.49. The van der Waals surface area contributed by atoms with E-state index in [4.69, 9.17) is 10.5 Å². The molecule has 5 heteroatoms. The number of Topliss-reactive ketones (excluding diaryl/α,β-unsaturated/α-hetero) is 1. The van der Waals surface area contributed by atoms with Crippen LogP contribution in [-0.4, -0.2) is 29.8 Å². The number of thioether (sulfide) groups is 1. The van der Waals surface area contributed by atoms with Gasteiger partial charge in [0.25, 0.3) is 0 Å². The molecule has 0 saturated carbocycles. The van der Waals surface area contributed by atoms with E-state index in [1.807, 2.05) is 36.6 Å². The van der Waals surface area contributed by atoms with E-state index in [2.05, 4.69) is 0 Å². The average molecular weight is 281 g/mol. The highest BCUT2D eigenvalue weighted by Crippen LogP contribution is 2.12. The molecule has 0 radical (unpaired) electrons. The van der Waals surface area contributed by atoms with Gasteiger partial charge >= 0.3 is 5.97 Å². The Hall–Kier alpha value is -1.33. The molecule has 104 valence electrons. The maximum Gasteiger partial charge on any atom is 0.324 e. The monoisotopic (exact) mass is 281 g/mol. The van der Waals surface area contributed by atoms with Crippen molar-refractivity contribution in [3.05, 3.63) is 35.9 Å². The maximum absolute atomic E-state index is 11.8. The van der Waals surface area contributed by atoms with Crippen LogP contribution in [0.1, 0.15) is 12.5 Å². The van der Waals surface area contributed by atoms with E-state index in [0.717, 1.165) is 5.56 Å². The minimum atomic E-state index is -0.895. The summed E-state index contributed by atoms with van der Waals surface area (Å²) in [5.74, 6) is -0.577. The van der Waals surface area contributed by atoms with Gasteiger partial charge in [0, 0.05) is 5.75 Å². The highest BCUT2D eigenvalue weighted by atomic mass is 32.2. The second-order valence-electron chi connectivity index (χ2n) is 4.29. The molecule has 0 spiro atoms. The quantitative estimate of drug-likeness (QED) is 0.769. The van der Waals surface area contributed by atoms with Crippen LogP contribution in [0.5, 0.6) is 0 Å². The predicted octanol–water partition coefficient (Wildman–Crippen LogP) is 1.63. The van der Waals surface area contributed by atoms with Crippen molar-refractivity contribution in [3.8, 4) is 0 Å². The Bertz CT molecular complexity index is 422. The average Bonchev–Trinajstić information content (AvgIpc) is 2.42.